The van der Waals surface area contributed by atoms with Gasteiger partial charge in [0.2, 0.25) is 15.8 Å². The molecule has 0 radical (unpaired) electrons. The van der Waals surface area contributed by atoms with E-state index in [9.17, 15) is 17.6 Å². The molecule has 2 aliphatic heterocycles. The summed E-state index contributed by atoms with van der Waals surface area (Å²) in [5.74, 6) is -0.451. The zero-order valence-corrected chi connectivity index (χ0v) is 24.0. The van der Waals surface area contributed by atoms with Crippen LogP contribution >= 0.6 is 0 Å². The Bertz CT molecular complexity index is 1290. The number of primary sulfonamides is 1. The van der Waals surface area contributed by atoms with Crippen molar-refractivity contribution in [1.29, 1.82) is 0 Å². The van der Waals surface area contributed by atoms with Crippen molar-refractivity contribution in [2.45, 2.75) is 82.2 Å². The molecule has 0 aromatic heterocycles. The Morgan fingerprint density at radius 2 is 1.80 bits per heavy atom. The van der Waals surface area contributed by atoms with Crippen LogP contribution < -0.4 is 9.88 Å². The van der Waals surface area contributed by atoms with Crippen LogP contribution in [0.1, 0.15) is 75.2 Å². The molecule has 40 heavy (non-hydrogen) atoms. The van der Waals surface area contributed by atoms with Crippen LogP contribution in [0.25, 0.3) is 0 Å². The van der Waals surface area contributed by atoms with Gasteiger partial charge in [0, 0.05) is 39.2 Å². The van der Waals surface area contributed by atoms with Gasteiger partial charge in [-0.25, -0.2) is 22.7 Å². The third-order valence-electron chi connectivity index (χ3n) is 7.01. The highest BCUT2D eigenvalue weighted by molar-refractivity contribution is 7.89. The second kappa shape index (κ2) is 13.3. The molecule has 2 aliphatic rings. The Labute approximate surface area is 235 Å². The van der Waals surface area contributed by atoms with Crippen LogP contribution in [0.15, 0.2) is 41.3 Å². The van der Waals surface area contributed by atoms with Crippen molar-refractivity contribution < 1.29 is 36.6 Å². The summed E-state index contributed by atoms with van der Waals surface area (Å²) in [7, 11) is -3.93. The molecule has 0 saturated carbocycles. The van der Waals surface area contributed by atoms with Gasteiger partial charge < -0.3 is 23.8 Å². The van der Waals surface area contributed by atoms with Gasteiger partial charge in [-0.2, -0.15) is 0 Å². The van der Waals surface area contributed by atoms with E-state index in [1.165, 1.54) is 12.1 Å². The lowest BCUT2D eigenvalue weighted by Crippen LogP contribution is -2.35. The standard InChI is InChI=1S/C29H39FN2O7S/c1-29(2)37-20-23-17-22(10-11-26(23)39-29)27-19-32(28(33)38-27)12-6-3-4-7-13-36-14-8-5-9-21-15-24(30)18-25(16-21)40(31,34)35/h10-11,15-18,27H,3-9,12-14,19-20H2,1-2H3,(H2,31,34,35). The lowest BCUT2D eigenvalue weighted by atomic mass is 10.0. The SMILES string of the molecule is CC1(C)OCc2cc(C3CN(CCCCCCOCCCCc4cc(F)cc(S(N)(=O)=O)c4)C(=O)O3)ccc2O1. The third kappa shape index (κ3) is 8.63. The number of hydrogen-bond acceptors (Lipinski definition) is 7. The third-order valence-corrected chi connectivity index (χ3v) is 7.90. The molecule has 0 aliphatic carbocycles. The maximum absolute atomic E-state index is 13.6. The van der Waals surface area contributed by atoms with Crippen LogP contribution in [0.3, 0.4) is 0 Å². The number of sulfonamides is 1. The van der Waals surface area contributed by atoms with Gasteiger partial charge in [-0.15, -0.1) is 0 Å². The number of hydrogen-bond donors (Lipinski definition) is 1. The Morgan fingerprint density at radius 3 is 2.58 bits per heavy atom. The number of benzene rings is 2. The first-order valence-corrected chi connectivity index (χ1v) is 15.4. The van der Waals surface area contributed by atoms with Crippen LogP contribution in [-0.2, 0) is 37.3 Å². The highest BCUT2D eigenvalue weighted by atomic mass is 32.2. The number of ether oxygens (including phenoxy) is 4. The molecule has 9 nitrogen and oxygen atoms in total. The second-order valence-corrected chi connectivity index (χ2v) is 12.4. The van der Waals surface area contributed by atoms with E-state index in [1.807, 2.05) is 32.0 Å². The fourth-order valence-corrected chi connectivity index (χ4v) is 5.44. The summed E-state index contributed by atoms with van der Waals surface area (Å²) >= 11 is 0. The van der Waals surface area contributed by atoms with Gasteiger partial charge >= 0.3 is 6.09 Å². The van der Waals surface area contributed by atoms with Crippen LogP contribution in [0.4, 0.5) is 9.18 Å². The fourth-order valence-electron chi connectivity index (χ4n) is 4.85. The minimum Gasteiger partial charge on any atom is -0.463 e. The number of halogens is 1. The average molecular weight is 579 g/mol. The maximum Gasteiger partial charge on any atom is 0.410 e. The zero-order chi connectivity index (χ0) is 28.8. The molecule has 0 spiro atoms. The number of carbonyl (C=O) groups excluding carboxylic acids is 1. The Morgan fingerprint density at radius 1 is 1.05 bits per heavy atom. The van der Waals surface area contributed by atoms with Gasteiger partial charge in [-0.05, 0) is 73.6 Å². The average Bonchev–Trinajstić information content (AvgIpc) is 3.26. The van der Waals surface area contributed by atoms with Crippen LogP contribution in [0.2, 0.25) is 0 Å². The molecule has 1 amide bonds. The van der Waals surface area contributed by atoms with E-state index in [2.05, 4.69) is 0 Å². The van der Waals surface area contributed by atoms with E-state index in [1.54, 1.807) is 4.90 Å². The van der Waals surface area contributed by atoms with Gasteiger partial charge in [0.25, 0.3) is 0 Å². The van der Waals surface area contributed by atoms with Crippen LogP contribution in [0, 0.1) is 5.82 Å². The largest absolute Gasteiger partial charge is 0.463 e. The molecule has 1 fully saturated rings. The number of fused-ring (bicyclic) bond motifs is 1. The molecule has 0 bridgehead atoms. The van der Waals surface area contributed by atoms with E-state index < -0.39 is 21.6 Å². The summed E-state index contributed by atoms with van der Waals surface area (Å²) in [5, 5.41) is 5.09. The normalized spacial score (nSPS) is 18.4. The predicted molar refractivity (Wildman–Crippen MR) is 147 cm³/mol. The van der Waals surface area contributed by atoms with Crippen molar-refractivity contribution in [3.63, 3.8) is 0 Å². The van der Waals surface area contributed by atoms with Crippen molar-refractivity contribution in [3.05, 3.63) is 58.9 Å². The number of rotatable bonds is 14. The lowest BCUT2D eigenvalue weighted by Gasteiger charge is -2.32. The first-order chi connectivity index (χ1) is 19.0. The van der Waals surface area contributed by atoms with Crippen LogP contribution in [0.5, 0.6) is 5.75 Å². The molecular formula is C29H39FN2O7S. The summed E-state index contributed by atoms with van der Waals surface area (Å²) in [6.07, 6.45) is 5.36. The van der Waals surface area contributed by atoms with E-state index in [-0.39, 0.29) is 17.1 Å². The number of carbonyl (C=O) groups is 1. The molecule has 1 unspecified atom stereocenters. The van der Waals surface area contributed by atoms with Crippen LogP contribution in [-0.4, -0.2) is 51.5 Å². The molecule has 4 rings (SSSR count). The molecule has 1 atom stereocenters. The number of nitrogens with zero attached hydrogens (tertiary/aromatic N) is 1. The number of amides is 1. The second-order valence-electron chi connectivity index (χ2n) is 10.8. The molecule has 2 aromatic carbocycles. The smallest absolute Gasteiger partial charge is 0.410 e. The van der Waals surface area contributed by atoms with E-state index in [0.717, 1.165) is 61.5 Å². The molecule has 2 heterocycles. The summed E-state index contributed by atoms with van der Waals surface area (Å²) in [6.45, 7) is 6.67. The Hall–Kier alpha value is -2.73. The van der Waals surface area contributed by atoms with Gasteiger partial charge in [-0.1, -0.05) is 18.9 Å². The zero-order valence-electron chi connectivity index (χ0n) is 23.2. The van der Waals surface area contributed by atoms with E-state index in [0.29, 0.717) is 44.9 Å². The number of nitrogens with two attached hydrogens (primary N) is 1. The number of aryl methyl sites for hydroxylation is 1. The first kappa shape index (κ1) is 30.2. The quantitative estimate of drug-likeness (QED) is 0.306. The van der Waals surface area contributed by atoms with Crippen molar-refractivity contribution in [2.24, 2.45) is 5.14 Å². The van der Waals surface area contributed by atoms with Gasteiger partial charge in [0.15, 0.2) is 0 Å². The number of cyclic esters (lactones) is 1. The molecular weight excluding hydrogens is 539 g/mol. The Kier molecular flexibility index (Phi) is 10.0. The minimum absolute atomic E-state index is 0.204. The van der Waals surface area contributed by atoms with Crippen molar-refractivity contribution in [1.82, 2.24) is 4.90 Å². The van der Waals surface area contributed by atoms with Gasteiger partial charge in [-0.3, -0.25) is 0 Å². The van der Waals surface area contributed by atoms with Crippen molar-refractivity contribution in [2.75, 3.05) is 26.3 Å². The summed E-state index contributed by atoms with van der Waals surface area (Å²) in [6, 6.07) is 9.55. The highest BCUT2D eigenvalue weighted by Gasteiger charge is 2.33. The summed E-state index contributed by atoms with van der Waals surface area (Å²) in [5.41, 5.74) is 2.51. The van der Waals surface area contributed by atoms with Crippen molar-refractivity contribution >= 4 is 16.1 Å². The maximum atomic E-state index is 13.6. The molecule has 1 saturated heterocycles. The molecule has 2 N–H and O–H groups in total. The number of unbranched alkanes of at least 4 members (excludes halogenated alkanes) is 4. The molecule has 2 aromatic rings. The highest BCUT2D eigenvalue weighted by Crippen LogP contribution is 2.35. The molecule has 11 heteroatoms. The van der Waals surface area contributed by atoms with Gasteiger partial charge in [0.05, 0.1) is 18.0 Å². The lowest BCUT2D eigenvalue weighted by molar-refractivity contribution is -0.180. The summed E-state index contributed by atoms with van der Waals surface area (Å²) < 4.78 is 59.4. The van der Waals surface area contributed by atoms with E-state index >= 15 is 0 Å². The van der Waals surface area contributed by atoms with Crippen molar-refractivity contribution in [3.8, 4) is 5.75 Å². The van der Waals surface area contributed by atoms with E-state index in [4.69, 9.17) is 24.1 Å². The Balaban J connectivity index is 1.05. The minimum atomic E-state index is -3.93. The monoisotopic (exact) mass is 578 g/mol. The first-order valence-electron chi connectivity index (χ1n) is 13.8. The topological polar surface area (TPSA) is 117 Å². The fraction of sp³-hybridized carbons (Fsp3) is 0.552. The molecule has 220 valence electrons. The predicted octanol–water partition coefficient (Wildman–Crippen LogP) is 5.21. The summed E-state index contributed by atoms with van der Waals surface area (Å²) in [4.78, 5) is 13.9. The van der Waals surface area contributed by atoms with Gasteiger partial charge in [0.1, 0.15) is 17.7 Å².